The smallest absolute Gasteiger partial charge is 0.0646 e. The van der Waals surface area contributed by atoms with Gasteiger partial charge in [-0.15, -0.1) is 0 Å². The molecule has 3 aliphatic rings. The SMILES string of the molecule is CC1C=CC=C(c2cccc(N(c3ccc(-c4ccc5c(c4)c4ccccc4n5-c4ccccc4)cc3)C3(C)C=C4C(=CC3)c3ccccc3C4(C)C)c2)C1. The van der Waals surface area contributed by atoms with E-state index in [0.29, 0.717) is 5.92 Å². The van der Waals surface area contributed by atoms with Gasteiger partial charge in [0.25, 0.3) is 0 Å². The number of benzene rings is 6. The Bertz CT molecular complexity index is 2750. The maximum atomic E-state index is 2.60. The molecule has 2 heteroatoms. The standard InChI is InChI=1S/C53H46N2/c1-36-14-12-15-38(32-36)39-16-13-19-43(33-39)55(53(4)31-30-45-44-20-8-10-22-48(44)52(2,3)49(45)35-53)42-27-24-37(25-28-42)40-26-29-51-47(34-40)46-21-9-11-23-50(46)54(51)41-17-6-5-7-18-41/h5-30,33-36H,31-32H2,1-4H3. The predicted octanol–water partition coefficient (Wildman–Crippen LogP) is 14.0. The van der Waals surface area contributed by atoms with Gasteiger partial charge in [0, 0.05) is 33.2 Å². The van der Waals surface area contributed by atoms with Crippen LogP contribution in [0.2, 0.25) is 0 Å². The maximum absolute atomic E-state index is 2.60. The summed E-state index contributed by atoms with van der Waals surface area (Å²) in [4.78, 5) is 2.60. The lowest BCUT2D eigenvalue weighted by atomic mass is 9.75. The Morgan fingerprint density at radius 1 is 0.636 bits per heavy atom. The van der Waals surface area contributed by atoms with Crippen LogP contribution in [0.3, 0.4) is 0 Å². The summed E-state index contributed by atoms with van der Waals surface area (Å²) in [6.45, 7) is 9.51. The fraction of sp³-hybridized carbons (Fsp3) is 0.170. The highest BCUT2D eigenvalue weighted by atomic mass is 15.2. The van der Waals surface area contributed by atoms with Crippen LogP contribution in [0.15, 0.2) is 182 Å². The lowest BCUT2D eigenvalue weighted by Gasteiger charge is -2.44. The van der Waals surface area contributed by atoms with E-state index in [1.807, 2.05) is 0 Å². The van der Waals surface area contributed by atoms with E-state index in [1.165, 1.54) is 83.4 Å². The van der Waals surface area contributed by atoms with Crippen molar-refractivity contribution in [1.82, 2.24) is 4.57 Å². The second-order valence-electron chi connectivity index (χ2n) is 16.5. The van der Waals surface area contributed by atoms with Crippen LogP contribution >= 0.6 is 0 Å². The number of hydrogen-bond donors (Lipinski definition) is 0. The highest BCUT2D eigenvalue weighted by molar-refractivity contribution is 6.10. The molecule has 2 nitrogen and oxygen atoms in total. The molecule has 0 saturated heterocycles. The van der Waals surface area contributed by atoms with Gasteiger partial charge in [0.2, 0.25) is 0 Å². The van der Waals surface area contributed by atoms with E-state index < -0.39 is 0 Å². The van der Waals surface area contributed by atoms with Gasteiger partial charge in [-0.25, -0.2) is 0 Å². The minimum absolute atomic E-state index is 0.0703. The van der Waals surface area contributed by atoms with Gasteiger partial charge in [-0.1, -0.05) is 142 Å². The number of allylic oxidation sites excluding steroid dienone is 6. The van der Waals surface area contributed by atoms with Gasteiger partial charge in [-0.3, -0.25) is 0 Å². The number of aromatic nitrogens is 1. The molecule has 0 N–H and O–H groups in total. The van der Waals surface area contributed by atoms with Crippen LogP contribution in [0.4, 0.5) is 11.4 Å². The predicted molar refractivity (Wildman–Crippen MR) is 234 cm³/mol. The van der Waals surface area contributed by atoms with Crippen molar-refractivity contribution < 1.29 is 0 Å². The van der Waals surface area contributed by atoms with E-state index in [0.717, 1.165) is 12.8 Å². The van der Waals surface area contributed by atoms with Gasteiger partial charge in [0.15, 0.2) is 0 Å². The first-order valence-electron chi connectivity index (χ1n) is 19.8. The number of fused-ring (bicyclic) bond motifs is 6. The maximum Gasteiger partial charge on any atom is 0.0646 e. The summed E-state index contributed by atoms with van der Waals surface area (Å²) >= 11 is 0. The zero-order valence-electron chi connectivity index (χ0n) is 32.1. The molecule has 0 saturated carbocycles. The van der Waals surface area contributed by atoms with E-state index in [4.69, 9.17) is 0 Å². The molecule has 7 aromatic rings. The number of anilines is 2. The number of nitrogens with zero attached hydrogens (tertiary/aromatic N) is 2. The molecule has 0 aliphatic heterocycles. The van der Waals surface area contributed by atoms with E-state index in [1.54, 1.807) is 0 Å². The topological polar surface area (TPSA) is 8.17 Å². The molecule has 0 fully saturated rings. The van der Waals surface area contributed by atoms with Gasteiger partial charge < -0.3 is 9.47 Å². The normalized spacial score (nSPS) is 19.8. The first-order valence-corrected chi connectivity index (χ1v) is 19.8. The molecule has 6 aromatic carbocycles. The second-order valence-corrected chi connectivity index (χ2v) is 16.5. The summed E-state index contributed by atoms with van der Waals surface area (Å²) in [6, 6.07) is 53.9. The Labute approximate surface area is 325 Å². The van der Waals surface area contributed by atoms with Gasteiger partial charge >= 0.3 is 0 Å². The second kappa shape index (κ2) is 12.7. The quantitative estimate of drug-likeness (QED) is 0.167. The summed E-state index contributed by atoms with van der Waals surface area (Å²) in [5.41, 5.74) is 16.4. The van der Waals surface area contributed by atoms with Crippen molar-refractivity contribution in [2.45, 2.75) is 51.5 Å². The summed E-state index contributed by atoms with van der Waals surface area (Å²) in [6.07, 6.45) is 13.9. The third-order valence-electron chi connectivity index (χ3n) is 12.4. The largest absolute Gasteiger partial charge is 0.332 e. The third-order valence-corrected chi connectivity index (χ3v) is 12.4. The van der Waals surface area contributed by atoms with Crippen LogP contribution in [0, 0.1) is 5.92 Å². The average molecular weight is 711 g/mol. The number of hydrogen-bond acceptors (Lipinski definition) is 1. The first kappa shape index (κ1) is 33.4. The van der Waals surface area contributed by atoms with Crippen LogP contribution in [0.5, 0.6) is 0 Å². The minimum atomic E-state index is -0.287. The van der Waals surface area contributed by atoms with Gasteiger partial charge in [0.05, 0.1) is 16.6 Å². The number of rotatable bonds is 6. The zero-order chi connectivity index (χ0) is 37.3. The van der Waals surface area contributed by atoms with Crippen molar-refractivity contribution in [3.63, 3.8) is 0 Å². The molecule has 10 rings (SSSR count). The molecule has 0 spiro atoms. The molecule has 0 bridgehead atoms. The Morgan fingerprint density at radius 3 is 2.22 bits per heavy atom. The minimum Gasteiger partial charge on any atom is -0.332 e. The molecular formula is C53H46N2. The highest BCUT2D eigenvalue weighted by Crippen LogP contribution is 2.54. The molecule has 2 atom stereocenters. The van der Waals surface area contributed by atoms with E-state index in [-0.39, 0.29) is 11.0 Å². The molecule has 3 aliphatic carbocycles. The number of para-hydroxylation sites is 2. The molecular weight excluding hydrogens is 665 g/mol. The van der Waals surface area contributed by atoms with Crippen LogP contribution in [-0.2, 0) is 5.41 Å². The summed E-state index contributed by atoms with van der Waals surface area (Å²) in [5, 5.41) is 2.54. The van der Waals surface area contributed by atoms with Crippen LogP contribution < -0.4 is 4.90 Å². The van der Waals surface area contributed by atoms with E-state index in [9.17, 15) is 0 Å². The fourth-order valence-corrected chi connectivity index (χ4v) is 9.66. The van der Waals surface area contributed by atoms with Crippen molar-refractivity contribution in [2.24, 2.45) is 5.92 Å². The van der Waals surface area contributed by atoms with E-state index in [2.05, 4.69) is 213 Å². The van der Waals surface area contributed by atoms with Crippen molar-refractivity contribution >= 4 is 44.3 Å². The molecule has 268 valence electrons. The van der Waals surface area contributed by atoms with Crippen LogP contribution in [0.1, 0.15) is 57.2 Å². The van der Waals surface area contributed by atoms with E-state index >= 15 is 0 Å². The van der Waals surface area contributed by atoms with Gasteiger partial charge in [-0.05, 0) is 125 Å². The Kier molecular flexibility index (Phi) is 7.75. The van der Waals surface area contributed by atoms with Crippen LogP contribution in [-0.4, -0.2) is 10.1 Å². The summed E-state index contributed by atoms with van der Waals surface area (Å²) in [7, 11) is 0. The van der Waals surface area contributed by atoms with Gasteiger partial charge in [0.1, 0.15) is 0 Å². The molecule has 0 radical (unpaired) electrons. The lowest BCUT2D eigenvalue weighted by Crippen LogP contribution is -2.43. The van der Waals surface area contributed by atoms with Crippen LogP contribution in [0.25, 0.3) is 49.8 Å². The first-order chi connectivity index (χ1) is 26.8. The molecule has 55 heavy (non-hydrogen) atoms. The lowest BCUT2D eigenvalue weighted by molar-refractivity contribution is 0.550. The highest BCUT2D eigenvalue weighted by Gasteiger charge is 2.44. The van der Waals surface area contributed by atoms with Crippen molar-refractivity contribution in [3.05, 3.63) is 198 Å². The summed E-state index contributed by atoms with van der Waals surface area (Å²) in [5.74, 6) is 0.539. The Balaban J connectivity index is 1.08. The zero-order valence-corrected chi connectivity index (χ0v) is 32.1. The third kappa shape index (κ3) is 5.46. The Hall–Kier alpha value is -6.12. The van der Waals surface area contributed by atoms with Crippen molar-refractivity contribution in [3.8, 4) is 16.8 Å². The van der Waals surface area contributed by atoms with Gasteiger partial charge in [-0.2, -0.15) is 0 Å². The monoisotopic (exact) mass is 710 g/mol. The Morgan fingerprint density at radius 2 is 1.38 bits per heavy atom. The molecule has 2 unspecified atom stereocenters. The summed E-state index contributed by atoms with van der Waals surface area (Å²) < 4.78 is 2.38. The van der Waals surface area contributed by atoms with Crippen molar-refractivity contribution in [1.29, 1.82) is 0 Å². The molecule has 1 aromatic heterocycles. The fourth-order valence-electron chi connectivity index (χ4n) is 9.66. The average Bonchev–Trinajstić information content (AvgIpc) is 3.66. The molecule has 0 amide bonds. The molecule has 1 heterocycles. The van der Waals surface area contributed by atoms with Crippen molar-refractivity contribution in [2.75, 3.05) is 4.90 Å².